The third-order valence-corrected chi connectivity index (χ3v) is 4.90. The monoisotopic (exact) mass is 374 g/mol. The van der Waals surface area contributed by atoms with E-state index in [1.54, 1.807) is 20.2 Å². The fourth-order valence-corrected chi connectivity index (χ4v) is 3.43. The fraction of sp³-hybridized carbons (Fsp3) is 0.250. The highest BCUT2D eigenvalue weighted by Gasteiger charge is 2.22. The number of hydrogen-bond acceptors (Lipinski definition) is 5. The number of anilines is 2. The Bertz CT molecular complexity index is 786. The van der Waals surface area contributed by atoms with Crippen molar-refractivity contribution in [2.45, 2.75) is 11.8 Å². The topological polar surface area (TPSA) is 99.2 Å². The van der Waals surface area contributed by atoms with Crippen LogP contribution in [0, 0.1) is 6.92 Å². The quantitative estimate of drug-likeness (QED) is 0.795. The zero-order chi connectivity index (χ0) is 15.8. The highest BCUT2D eigenvalue weighted by atomic mass is 79.9. The van der Waals surface area contributed by atoms with E-state index in [1.165, 1.54) is 23.9 Å². The number of aryl methyl sites for hydroxylation is 2. The molecule has 0 bridgehead atoms. The third kappa shape index (κ3) is 3.13. The van der Waals surface area contributed by atoms with Crippen LogP contribution in [-0.4, -0.2) is 25.3 Å². The van der Waals surface area contributed by atoms with Crippen LogP contribution in [0.2, 0.25) is 0 Å². The summed E-state index contributed by atoms with van der Waals surface area (Å²) in [7, 11) is -0.727. The molecular weight excluding hydrogens is 360 g/mol. The zero-order valence-corrected chi connectivity index (χ0v) is 14.1. The molecule has 0 aliphatic heterocycles. The molecule has 0 atom stereocenters. The van der Waals surface area contributed by atoms with Crippen LogP contribution < -0.4 is 15.2 Å². The Labute approximate surface area is 131 Å². The Morgan fingerprint density at radius 2 is 2.10 bits per heavy atom. The molecule has 2 rings (SSSR count). The van der Waals surface area contributed by atoms with Gasteiger partial charge in [-0.25, -0.2) is 8.42 Å². The molecule has 0 aliphatic carbocycles. The Morgan fingerprint density at radius 1 is 1.43 bits per heavy atom. The van der Waals surface area contributed by atoms with Crippen LogP contribution in [0.15, 0.2) is 27.7 Å². The molecule has 7 nitrogen and oxygen atoms in total. The van der Waals surface area contributed by atoms with E-state index in [0.29, 0.717) is 21.5 Å². The standard InChI is InChI=1S/C12H15BrN4O3S/c1-7-10(6-17(2)15-7)16-21(18,19)12-5-9(14)8(13)4-11(12)20-3/h4-6,16H,14H2,1-3H3. The van der Waals surface area contributed by atoms with Gasteiger partial charge in [0.15, 0.2) is 0 Å². The lowest BCUT2D eigenvalue weighted by Gasteiger charge is -2.12. The number of benzene rings is 1. The first-order valence-electron chi connectivity index (χ1n) is 5.90. The number of nitrogens with two attached hydrogens (primary N) is 1. The van der Waals surface area contributed by atoms with Crippen molar-refractivity contribution in [1.82, 2.24) is 9.78 Å². The number of sulfonamides is 1. The minimum Gasteiger partial charge on any atom is -0.495 e. The molecule has 9 heteroatoms. The van der Waals surface area contributed by atoms with Crippen LogP contribution in [0.5, 0.6) is 5.75 Å². The third-order valence-electron chi connectivity index (χ3n) is 2.83. The summed E-state index contributed by atoms with van der Waals surface area (Å²) in [5, 5.41) is 4.09. The number of hydrogen-bond donors (Lipinski definition) is 2. The van der Waals surface area contributed by atoms with Gasteiger partial charge in [-0.1, -0.05) is 0 Å². The highest BCUT2D eigenvalue weighted by Crippen LogP contribution is 2.33. The number of methoxy groups -OCH3 is 1. The first-order chi connectivity index (χ1) is 9.74. The second-order valence-electron chi connectivity index (χ2n) is 4.43. The number of aromatic nitrogens is 2. The van der Waals surface area contributed by atoms with E-state index in [2.05, 4.69) is 25.8 Å². The molecule has 0 fully saturated rings. The van der Waals surface area contributed by atoms with Gasteiger partial charge in [0.05, 0.1) is 18.5 Å². The van der Waals surface area contributed by atoms with Crippen molar-refractivity contribution in [3.05, 3.63) is 28.5 Å². The average molecular weight is 375 g/mol. The predicted octanol–water partition coefficient (Wildman–Crippen LogP) is 1.88. The molecular formula is C12H15BrN4O3S. The van der Waals surface area contributed by atoms with Crippen molar-refractivity contribution in [2.75, 3.05) is 17.6 Å². The van der Waals surface area contributed by atoms with Gasteiger partial charge in [-0.2, -0.15) is 5.10 Å². The normalized spacial score (nSPS) is 11.4. The van der Waals surface area contributed by atoms with Gasteiger partial charge in [-0.15, -0.1) is 0 Å². The van der Waals surface area contributed by atoms with Crippen molar-refractivity contribution in [3.8, 4) is 5.75 Å². The Hall–Kier alpha value is -1.74. The minimum absolute atomic E-state index is 0.0334. The van der Waals surface area contributed by atoms with E-state index < -0.39 is 10.0 Å². The Balaban J connectivity index is 2.49. The smallest absolute Gasteiger partial charge is 0.265 e. The van der Waals surface area contributed by atoms with Gasteiger partial charge in [0, 0.05) is 23.4 Å². The van der Waals surface area contributed by atoms with Crippen LogP contribution in [0.4, 0.5) is 11.4 Å². The van der Waals surface area contributed by atoms with E-state index in [9.17, 15) is 8.42 Å². The number of rotatable bonds is 4. The molecule has 0 spiro atoms. The molecule has 0 aliphatic rings. The number of nitrogens with one attached hydrogen (secondary N) is 1. The summed E-state index contributed by atoms with van der Waals surface area (Å²) in [6.07, 6.45) is 1.58. The van der Waals surface area contributed by atoms with E-state index >= 15 is 0 Å². The molecule has 0 saturated heterocycles. The Kier molecular flexibility index (Phi) is 4.15. The molecule has 114 valence electrons. The Morgan fingerprint density at radius 3 is 2.62 bits per heavy atom. The lowest BCUT2D eigenvalue weighted by atomic mass is 10.3. The summed E-state index contributed by atoms with van der Waals surface area (Å²) in [6, 6.07) is 2.86. The van der Waals surface area contributed by atoms with Crippen LogP contribution in [0.1, 0.15) is 5.69 Å². The molecule has 3 N–H and O–H groups in total. The first kappa shape index (κ1) is 15.6. The van der Waals surface area contributed by atoms with E-state index in [1.807, 2.05) is 0 Å². The van der Waals surface area contributed by atoms with Crippen molar-refractivity contribution in [2.24, 2.45) is 7.05 Å². The zero-order valence-electron chi connectivity index (χ0n) is 11.7. The van der Waals surface area contributed by atoms with Crippen LogP contribution in [0.3, 0.4) is 0 Å². The van der Waals surface area contributed by atoms with Crippen LogP contribution in [-0.2, 0) is 17.1 Å². The number of halogens is 1. The second kappa shape index (κ2) is 5.57. The summed E-state index contributed by atoms with van der Waals surface area (Å²) in [6.45, 7) is 1.71. The maximum atomic E-state index is 12.5. The fourth-order valence-electron chi connectivity index (χ4n) is 1.82. The average Bonchev–Trinajstić information content (AvgIpc) is 2.69. The predicted molar refractivity (Wildman–Crippen MR) is 83.9 cm³/mol. The second-order valence-corrected chi connectivity index (χ2v) is 6.94. The lowest BCUT2D eigenvalue weighted by molar-refractivity contribution is 0.402. The molecule has 0 amide bonds. The molecule has 0 radical (unpaired) electrons. The van der Waals surface area contributed by atoms with Crippen molar-refractivity contribution in [1.29, 1.82) is 0 Å². The van der Waals surface area contributed by atoms with E-state index in [-0.39, 0.29) is 10.6 Å². The summed E-state index contributed by atoms with van der Waals surface area (Å²) in [5.41, 5.74) is 7.04. The van der Waals surface area contributed by atoms with Gasteiger partial charge in [-0.3, -0.25) is 9.40 Å². The minimum atomic E-state index is -3.83. The molecule has 0 saturated carbocycles. The van der Waals surface area contributed by atoms with Crippen LogP contribution in [0.25, 0.3) is 0 Å². The van der Waals surface area contributed by atoms with Gasteiger partial charge in [-0.05, 0) is 35.0 Å². The maximum absolute atomic E-state index is 12.5. The van der Waals surface area contributed by atoms with Crippen molar-refractivity contribution < 1.29 is 13.2 Å². The number of ether oxygens (including phenoxy) is 1. The molecule has 2 aromatic rings. The largest absolute Gasteiger partial charge is 0.495 e. The van der Waals surface area contributed by atoms with Gasteiger partial charge >= 0.3 is 0 Å². The summed E-state index contributed by atoms with van der Waals surface area (Å²) in [4.78, 5) is -0.0334. The molecule has 1 aromatic carbocycles. The van der Waals surface area contributed by atoms with Crippen molar-refractivity contribution in [3.63, 3.8) is 0 Å². The number of nitrogen functional groups attached to an aromatic ring is 1. The highest BCUT2D eigenvalue weighted by molar-refractivity contribution is 9.10. The van der Waals surface area contributed by atoms with Crippen molar-refractivity contribution >= 4 is 37.3 Å². The molecule has 21 heavy (non-hydrogen) atoms. The summed E-state index contributed by atoms with van der Waals surface area (Å²) >= 11 is 3.24. The summed E-state index contributed by atoms with van der Waals surface area (Å²) in [5.74, 6) is 0.199. The SMILES string of the molecule is COc1cc(Br)c(N)cc1S(=O)(=O)Nc1cn(C)nc1C. The lowest BCUT2D eigenvalue weighted by Crippen LogP contribution is -2.15. The van der Waals surface area contributed by atoms with Gasteiger partial charge in [0.2, 0.25) is 0 Å². The number of nitrogens with zero attached hydrogens (tertiary/aromatic N) is 2. The van der Waals surface area contributed by atoms with Gasteiger partial charge in [0.1, 0.15) is 10.6 Å². The molecule has 1 heterocycles. The maximum Gasteiger partial charge on any atom is 0.265 e. The molecule has 0 unspecified atom stereocenters. The van der Waals surface area contributed by atoms with Gasteiger partial charge in [0.25, 0.3) is 10.0 Å². The van der Waals surface area contributed by atoms with Crippen LogP contribution >= 0.6 is 15.9 Å². The summed E-state index contributed by atoms with van der Waals surface area (Å²) < 4.78 is 34.7. The van der Waals surface area contributed by atoms with E-state index in [0.717, 1.165) is 0 Å². The first-order valence-corrected chi connectivity index (χ1v) is 8.18. The van der Waals surface area contributed by atoms with Gasteiger partial charge < -0.3 is 10.5 Å². The van der Waals surface area contributed by atoms with E-state index in [4.69, 9.17) is 10.5 Å². The molecule has 1 aromatic heterocycles.